The number of fused-ring (bicyclic) bond motifs is 20. The zero-order valence-electron chi connectivity index (χ0n) is 61.5. The van der Waals surface area contributed by atoms with Crippen molar-refractivity contribution in [1.82, 2.24) is 0 Å². The van der Waals surface area contributed by atoms with Crippen molar-refractivity contribution in [2.45, 2.75) is 38.5 Å². The Bertz CT molecular complexity index is 7330. The Hall–Kier alpha value is -13.7. The van der Waals surface area contributed by atoms with E-state index in [1.807, 2.05) is 12.1 Å². The molecule has 0 spiro atoms. The summed E-state index contributed by atoms with van der Waals surface area (Å²) >= 11 is 0. The van der Waals surface area contributed by atoms with Crippen LogP contribution in [0.3, 0.4) is 0 Å². The fourth-order valence-corrected chi connectivity index (χ4v) is 19.8. The average Bonchev–Trinajstić information content (AvgIpc) is 1.52. The Morgan fingerprint density at radius 3 is 0.900 bits per heavy atom. The molecule has 2 heterocycles. The van der Waals surface area contributed by atoms with Crippen LogP contribution in [0.25, 0.3) is 209 Å². The Morgan fingerprint density at radius 2 is 0.464 bits per heavy atom. The van der Waals surface area contributed by atoms with E-state index >= 15 is 0 Å². The molecule has 2 heteroatoms. The third-order valence-electron chi connectivity index (χ3n) is 24.4. The summed E-state index contributed by atoms with van der Waals surface area (Å²) in [5.41, 5.74) is 31.6. The van der Waals surface area contributed by atoms with Crippen LogP contribution in [0.5, 0.6) is 0 Å². The van der Waals surface area contributed by atoms with Crippen LogP contribution in [0.4, 0.5) is 0 Å². The second kappa shape index (κ2) is 24.4. The van der Waals surface area contributed by atoms with E-state index in [0.29, 0.717) is 0 Å². The first-order valence-corrected chi connectivity index (χ1v) is 38.4. The lowest BCUT2D eigenvalue weighted by molar-refractivity contribution is 0.668. The minimum Gasteiger partial charge on any atom is -0.455 e. The van der Waals surface area contributed by atoms with Crippen LogP contribution in [-0.2, 0) is 10.8 Å². The summed E-state index contributed by atoms with van der Waals surface area (Å²) in [6, 6.07) is 133. The van der Waals surface area contributed by atoms with E-state index in [4.69, 9.17) is 8.83 Å². The first kappa shape index (κ1) is 63.6. The summed E-state index contributed by atoms with van der Waals surface area (Å²) in [6.45, 7) is 9.59. The van der Waals surface area contributed by atoms with Gasteiger partial charge in [-0.3, -0.25) is 0 Å². The lowest BCUT2D eigenvalue weighted by atomic mass is 9.77. The lowest BCUT2D eigenvalue weighted by Crippen LogP contribution is -2.16. The van der Waals surface area contributed by atoms with Gasteiger partial charge in [-0.25, -0.2) is 0 Å². The summed E-state index contributed by atoms with van der Waals surface area (Å²) in [5, 5.41) is 19.8. The number of benzene rings is 19. The first-order chi connectivity index (χ1) is 54.1. The molecule has 2 aliphatic rings. The number of rotatable bonds is 7. The van der Waals surface area contributed by atoms with Gasteiger partial charge in [0.1, 0.15) is 22.3 Å². The average molecular weight is 1400 g/mol. The fraction of sp³-hybridized carbons (Fsp3) is 0.0556. The van der Waals surface area contributed by atoms with Gasteiger partial charge in [0.15, 0.2) is 0 Å². The molecule has 19 aromatic carbocycles. The summed E-state index contributed by atoms with van der Waals surface area (Å²) in [7, 11) is 0. The van der Waals surface area contributed by atoms with Crippen LogP contribution in [0, 0.1) is 0 Å². The second-order valence-electron chi connectivity index (χ2n) is 31.1. The number of hydrogen-bond donors (Lipinski definition) is 0. The molecule has 2 aromatic heterocycles. The number of hydrogen-bond acceptors (Lipinski definition) is 2. The molecule has 110 heavy (non-hydrogen) atoms. The molecule has 2 nitrogen and oxygen atoms in total. The van der Waals surface area contributed by atoms with Crippen LogP contribution in [0.15, 0.2) is 373 Å². The predicted octanol–water partition coefficient (Wildman–Crippen LogP) is 30.4. The predicted molar refractivity (Wildman–Crippen MR) is 466 cm³/mol. The molecule has 2 aliphatic carbocycles. The molecule has 23 rings (SSSR count). The molecule has 0 saturated heterocycles. The molecule has 516 valence electrons. The van der Waals surface area contributed by atoms with Crippen molar-refractivity contribution in [3.05, 3.63) is 386 Å². The van der Waals surface area contributed by atoms with Crippen molar-refractivity contribution in [2.24, 2.45) is 0 Å². The van der Waals surface area contributed by atoms with Gasteiger partial charge in [-0.1, -0.05) is 373 Å². The molecule has 0 amide bonds. The van der Waals surface area contributed by atoms with Crippen LogP contribution in [0.1, 0.15) is 49.9 Å². The van der Waals surface area contributed by atoms with Crippen molar-refractivity contribution in [2.75, 3.05) is 0 Å². The smallest absolute Gasteiger partial charge is 0.143 e. The standard InChI is InChI=1S/C57H38O.C51H34O/c1-57(2)54-41(23-12-25-48(54)49-33-32-35-14-3-4-17-40(35)55(49)57)36-28-30-37(31-29-36)52-44-19-5-7-21-46(44)53(47-22-8-6-20-45(47)52)39-16-11-15-38(34-39)42-24-13-26-50-43-18-9-10-27-51(43)58-56(42)50;1-51(2)48-35(20-11-21-41(48)42-30-29-31-13-3-4-14-34(31)49(42)51)32-25-27-33(28-26-32)46-37-16-5-7-18-39(37)47(40-19-8-6-17-38(40)46)44-23-12-22-43-36-15-9-10-24-45(36)52-50(43)44/h3-34H,1-2H3;3-30H,1-2H3. The summed E-state index contributed by atoms with van der Waals surface area (Å²) in [5.74, 6) is 0. The molecule has 0 unspecified atom stereocenters. The van der Waals surface area contributed by atoms with Gasteiger partial charge in [0.25, 0.3) is 0 Å². The normalized spacial score (nSPS) is 13.2. The van der Waals surface area contributed by atoms with Crippen molar-refractivity contribution in [3.8, 4) is 100 Å². The van der Waals surface area contributed by atoms with Crippen molar-refractivity contribution >= 4 is 109 Å². The highest BCUT2D eigenvalue weighted by molar-refractivity contribution is 6.25. The van der Waals surface area contributed by atoms with Gasteiger partial charge in [0.2, 0.25) is 0 Å². The van der Waals surface area contributed by atoms with Gasteiger partial charge in [-0.15, -0.1) is 0 Å². The Labute approximate surface area is 638 Å². The molecule has 0 aliphatic heterocycles. The maximum Gasteiger partial charge on any atom is 0.143 e. The van der Waals surface area contributed by atoms with E-state index < -0.39 is 0 Å². The van der Waals surface area contributed by atoms with E-state index in [1.165, 1.54) is 170 Å². The molecule has 0 radical (unpaired) electrons. The summed E-state index contributed by atoms with van der Waals surface area (Å²) < 4.78 is 13.1. The maximum atomic E-state index is 6.59. The molecular formula is C108H72O2. The van der Waals surface area contributed by atoms with Crippen molar-refractivity contribution in [3.63, 3.8) is 0 Å². The minimum absolute atomic E-state index is 0.133. The van der Waals surface area contributed by atoms with Crippen LogP contribution < -0.4 is 0 Å². The summed E-state index contributed by atoms with van der Waals surface area (Å²) in [6.07, 6.45) is 0. The van der Waals surface area contributed by atoms with E-state index in [9.17, 15) is 0 Å². The molecular weight excluding hydrogens is 1330 g/mol. The topological polar surface area (TPSA) is 26.3 Å². The van der Waals surface area contributed by atoms with Gasteiger partial charge in [-0.05, 0) is 189 Å². The maximum absolute atomic E-state index is 6.59. The minimum atomic E-state index is -0.140. The second-order valence-corrected chi connectivity index (χ2v) is 31.1. The quantitative estimate of drug-likeness (QED) is 0.149. The Morgan fingerprint density at radius 1 is 0.173 bits per heavy atom. The van der Waals surface area contributed by atoms with E-state index in [2.05, 4.69) is 380 Å². The van der Waals surface area contributed by atoms with Crippen LogP contribution in [0.2, 0.25) is 0 Å². The van der Waals surface area contributed by atoms with Crippen molar-refractivity contribution in [1.29, 1.82) is 0 Å². The van der Waals surface area contributed by atoms with Crippen LogP contribution >= 0.6 is 0 Å². The third-order valence-corrected chi connectivity index (χ3v) is 24.4. The van der Waals surface area contributed by atoms with Gasteiger partial charge in [0, 0.05) is 49.1 Å². The van der Waals surface area contributed by atoms with Crippen molar-refractivity contribution < 1.29 is 8.83 Å². The molecule has 0 N–H and O–H groups in total. The third kappa shape index (κ3) is 9.49. The zero-order valence-corrected chi connectivity index (χ0v) is 61.5. The molecule has 0 atom stereocenters. The lowest BCUT2D eigenvalue weighted by Gasteiger charge is -2.26. The Balaban J connectivity index is 0.000000136. The van der Waals surface area contributed by atoms with Gasteiger partial charge in [0.05, 0.1) is 0 Å². The zero-order chi connectivity index (χ0) is 73.1. The highest BCUT2D eigenvalue weighted by Crippen LogP contribution is 2.58. The highest BCUT2D eigenvalue weighted by Gasteiger charge is 2.41. The van der Waals surface area contributed by atoms with E-state index in [-0.39, 0.29) is 10.8 Å². The van der Waals surface area contributed by atoms with E-state index in [1.54, 1.807) is 0 Å². The molecule has 0 saturated carbocycles. The first-order valence-electron chi connectivity index (χ1n) is 38.4. The van der Waals surface area contributed by atoms with Crippen LogP contribution in [-0.4, -0.2) is 0 Å². The highest BCUT2D eigenvalue weighted by atomic mass is 16.3. The van der Waals surface area contributed by atoms with E-state index in [0.717, 1.165) is 60.6 Å². The van der Waals surface area contributed by atoms with Gasteiger partial charge >= 0.3 is 0 Å². The number of furan rings is 2. The SMILES string of the molecule is CC1(C)c2c(-c3ccc(-c4c5ccccc5c(-c5cccc(-c6cccc7c6oc6ccccc67)c5)c5ccccc45)cc3)cccc2-c2ccc3ccccc3c21.CC1(C)c2c(-c3ccc(-c4c5ccccc5c(-c5cccc6c5oc5ccccc56)c5ccccc45)cc3)cccc2-c2ccc3ccccc3c21. The monoisotopic (exact) mass is 1400 g/mol. The fourth-order valence-electron chi connectivity index (χ4n) is 19.8. The molecule has 21 aromatic rings. The molecule has 0 fully saturated rings. The van der Waals surface area contributed by atoms with Gasteiger partial charge < -0.3 is 8.83 Å². The Kier molecular flexibility index (Phi) is 14.1. The summed E-state index contributed by atoms with van der Waals surface area (Å²) in [4.78, 5) is 0. The van der Waals surface area contributed by atoms with Gasteiger partial charge in [-0.2, -0.15) is 0 Å². The largest absolute Gasteiger partial charge is 0.455 e. The molecule has 0 bridgehead atoms. The number of para-hydroxylation sites is 4.